The SMILES string of the molecule is C#CC(C)(C)C.C1CCOC1.CC(C)(C)C#CB1OC(C)(C)C(C)(C)O1.CC(C)OB1OC(C)(C)C(C)(C)O1.[C-]#CC(C)(C)C.[Li+]. The molecule has 258 valence electrons. The van der Waals surface area contributed by atoms with Gasteiger partial charge in [0.15, 0.2) is 0 Å². The van der Waals surface area contributed by atoms with Crippen LogP contribution in [0.1, 0.15) is 144 Å². The molecule has 0 unspecified atom stereocenters. The van der Waals surface area contributed by atoms with E-state index in [1.54, 1.807) is 0 Å². The normalized spacial score (nSPS) is 20.2. The first-order valence-corrected chi connectivity index (χ1v) is 16.3. The van der Waals surface area contributed by atoms with E-state index in [2.05, 4.69) is 44.4 Å². The third-order valence-electron chi connectivity index (χ3n) is 7.07. The van der Waals surface area contributed by atoms with Gasteiger partial charge in [0.05, 0.1) is 22.4 Å². The van der Waals surface area contributed by atoms with Crippen LogP contribution < -0.4 is 18.9 Å². The van der Waals surface area contributed by atoms with Crippen molar-refractivity contribution in [2.45, 2.75) is 173 Å². The number of rotatable bonds is 2. The minimum atomic E-state index is -0.523. The van der Waals surface area contributed by atoms with Crippen LogP contribution in [0.2, 0.25) is 0 Å². The molecule has 0 saturated carbocycles. The van der Waals surface area contributed by atoms with Gasteiger partial charge >= 0.3 is 33.3 Å². The molecule has 0 radical (unpaired) electrons. The van der Waals surface area contributed by atoms with Crippen molar-refractivity contribution in [1.82, 2.24) is 0 Å². The van der Waals surface area contributed by atoms with Crippen molar-refractivity contribution in [3.8, 4) is 30.0 Å². The van der Waals surface area contributed by atoms with E-state index in [0.717, 1.165) is 13.2 Å². The minimum absolute atomic E-state index is 0. The summed E-state index contributed by atoms with van der Waals surface area (Å²) < 4.78 is 33.2. The fourth-order valence-electron chi connectivity index (χ4n) is 2.75. The monoisotopic (exact) mass is 637 g/mol. The Hall–Kier alpha value is -0.833. The van der Waals surface area contributed by atoms with Gasteiger partial charge in [-0.25, -0.2) is 0 Å². The average Bonchev–Trinajstić information content (AvgIpc) is 3.51. The maximum atomic E-state index is 6.60. The van der Waals surface area contributed by atoms with Gasteiger partial charge in [0.25, 0.3) is 0 Å². The van der Waals surface area contributed by atoms with Crippen LogP contribution in [0.5, 0.6) is 0 Å². The second-order valence-corrected chi connectivity index (χ2v) is 16.9. The van der Waals surface area contributed by atoms with E-state index < -0.39 is 14.4 Å². The molecule has 0 aromatic rings. The quantitative estimate of drug-likeness (QED) is 0.219. The fraction of sp³-hybridized carbons (Fsp3) is 0.838. The Morgan fingerprint density at radius 3 is 1.22 bits per heavy atom. The van der Waals surface area contributed by atoms with Gasteiger partial charge in [-0.3, -0.25) is 0 Å². The maximum Gasteiger partial charge on any atom is 1.00 e. The van der Waals surface area contributed by atoms with Crippen LogP contribution in [0, 0.1) is 52.7 Å². The molecule has 0 amide bonds. The third-order valence-corrected chi connectivity index (χ3v) is 7.07. The Morgan fingerprint density at radius 1 is 0.674 bits per heavy atom. The van der Waals surface area contributed by atoms with E-state index in [0.29, 0.717) is 0 Å². The van der Waals surface area contributed by atoms with Crippen LogP contribution in [0.3, 0.4) is 0 Å². The first-order valence-electron chi connectivity index (χ1n) is 16.3. The zero-order valence-electron chi connectivity index (χ0n) is 33.6. The van der Waals surface area contributed by atoms with Crippen LogP contribution in [0.4, 0.5) is 0 Å². The van der Waals surface area contributed by atoms with Crippen molar-refractivity contribution in [2.24, 2.45) is 16.2 Å². The molecule has 3 aliphatic heterocycles. The van der Waals surface area contributed by atoms with Gasteiger partial charge < -0.3 is 40.4 Å². The first kappa shape index (κ1) is 49.6. The second kappa shape index (κ2) is 20.0. The van der Waals surface area contributed by atoms with Crippen LogP contribution in [0.15, 0.2) is 0 Å². The molecule has 0 atom stereocenters. The van der Waals surface area contributed by atoms with Crippen LogP contribution in [-0.2, 0) is 28.0 Å². The van der Waals surface area contributed by atoms with E-state index in [9.17, 15) is 0 Å². The van der Waals surface area contributed by atoms with Crippen molar-refractivity contribution in [2.75, 3.05) is 13.2 Å². The van der Waals surface area contributed by atoms with Gasteiger partial charge in [0.1, 0.15) is 0 Å². The molecular weight excluding hydrogens is 569 g/mol. The molecule has 46 heavy (non-hydrogen) atoms. The largest absolute Gasteiger partial charge is 1.00 e. The Bertz CT molecular complexity index is 939. The summed E-state index contributed by atoms with van der Waals surface area (Å²) in [7, 11) is -0.917. The molecule has 0 aromatic heterocycles. The molecule has 9 heteroatoms. The zero-order valence-corrected chi connectivity index (χ0v) is 33.6. The van der Waals surface area contributed by atoms with E-state index in [1.165, 1.54) is 12.8 Å². The summed E-state index contributed by atoms with van der Waals surface area (Å²) in [6.45, 7) is 40.2. The van der Waals surface area contributed by atoms with E-state index in [4.69, 9.17) is 40.9 Å². The van der Waals surface area contributed by atoms with E-state index >= 15 is 0 Å². The minimum Gasteiger partial charge on any atom is -0.693 e. The van der Waals surface area contributed by atoms with Crippen LogP contribution >= 0.6 is 0 Å². The summed E-state index contributed by atoms with van der Waals surface area (Å²) in [5.74, 6) is 11.1. The molecule has 0 aromatic carbocycles. The number of hydrogen-bond acceptors (Lipinski definition) is 6. The maximum absolute atomic E-state index is 6.60. The van der Waals surface area contributed by atoms with Gasteiger partial charge in [-0.15, -0.1) is 18.3 Å². The van der Waals surface area contributed by atoms with Gasteiger partial charge in [-0.05, 0) is 129 Å². The molecule has 0 spiro atoms. The molecule has 0 aliphatic carbocycles. The molecule has 3 heterocycles. The molecule has 0 N–H and O–H groups in total. The Labute approximate surface area is 299 Å². The third kappa shape index (κ3) is 22.7. The summed E-state index contributed by atoms with van der Waals surface area (Å²) >= 11 is 0. The van der Waals surface area contributed by atoms with Gasteiger partial charge in [0.2, 0.25) is 0 Å². The number of terminal acetylenes is 1. The summed E-state index contributed by atoms with van der Waals surface area (Å²) in [4.78, 5) is 0. The fourth-order valence-corrected chi connectivity index (χ4v) is 2.75. The molecule has 3 fully saturated rings. The van der Waals surface area contributed by atoms with Crippen LogP contribution in [-0.4, -0.2) is 56.2 Å². The summed E-state index contributed by atoms with van der Waals surface area (Å²) in [6.07, 6.45) is 14.3. The molecule has 0 bridgehead atoms. The van der Waals surface area contributed by atoms with Gasteiger partial charge in [0, 0.05) is 30.1 Å². The van der Waals surface area contributed by atoms with Gasteiger partial charge in [-0.2, -0.15) is 0 Å². The Balaban J connectivity index is -0.000000537. The summed E-state index contributed by atoms with van der Waals surface area (Å²) in [5, 5.41) is 0. The number of ether oxygens (including phenoxy) is 1. The van der Waals surface area contributed by atoms with Crippen molar-refractivity contribution in [3.05, 3.63) is 6.42 Å². The van der Waals surface area contributed by atoms with Gasteiger partial charge in [-0.1, -0.05) is 26.6 Å². The molecule has 3 saturated heterocycles. The topological polar surface area (TPSA) is 55.4 Å². The molecule has 6 nitrogen and oxygen atoms in total. The standard InChI is InChI=1S/C12H21BO2.C9H19BO3.C6H10.C6H9.C4H8O.Li/c1-10(2,3)8-9-13-14-11(4,5)12(6,7)15-13;1-7(2)11-10-12-8(3,4)9(5,6)13-10;2*1-5-6(2,3)4;1-2-4-5-3-1;/h1-7H3;7H,1-6H3;1H,2-4H3;2-4H3;1-4H2;/q;;;-1;;+1. The van der Waals surface area contributed by atoms with E-state index in [-0.39, 0.29) is 63.6 Å². The van der Waals surface area contributed by atoms with E-state index in [1.807, 2.05) is 111 Å². The summed E-state index contributed by atoms with van der Waals surface area (Å²) in [6, 6.07) is 0. The first-order chi connectivity index (χ1) is 19.9. The van der Waals surface area contributed by atoms with Crippen molar-refractivity contribution >= 4 is 14.4 Å². The van der Waals surface area contributed by atoms with Crippen molar-refractivity contribution in [1.29, 1.82) is 0 Å². The Morgan fingerprint density at radius 2 is 1.00 bits per heavy atom. The molecular formula is C37H67B2LiO6. The summed E-state index contributed by atoms with van der Waals surface area (Å²) in [5.41, 5.74) is -1.16. The van der Waals surface area contributed by atoms with Crippen molar-refractivity contribution in [3.63, 3.8) is 0 Å². The predicted molar refractivity (Wildman–Crippen MR) is 191 cm³/mol. The molecule has 3 aliphatic rings. The molecule has 3 rings (SSSR count). The predicted octanol–water partition coefficient (Wildman–Crippen LogP) is 5.76. The average molecular weight is 637 g/mol. The number of hydrogen-bond donors (Lipinski definition) is 0. The Kier molecular flexibility index (Phi) is 21.5. The smallest absolute Gasteiger partial charge is 0.693 e. The van der Waals surface area contributed by atoms with Crippen molar-refractivity contribution < 1.29 is 46.9 Å². The van der Waals surface area contributed by atoms with Crippen LogP contribution in [0.25, 0.3) is 0 Å². The zero-order chi connectivity index (χ0) is 36.1. The second-order valence-electron chi connectivity index (χ2n) is 16.9.